The van der Waals surface area contributed by atoms with Gasteiger partial charge in [-0.05, 0) is 7.05 Å². The van der Waals surface area contributed by atoms with Crippen molar-refractivity contribution >= 4 is 0 Å². The maximum Gasteiger partial charge on any atom is 0.183 e. The minimum absolute atomic E-state index is 0.194. The molecule has 0 amide bonds. The van der Waals surface area contributed by atoms with Gasteiger partial charge in [0.2, 0.25) is 0 Å². The number of likely N-dealkylation sites (N-methyl/N-ethyl adjacent to an activating group) is 1. The molecule has 3 nitrogen and oxygen atoms in total. The van der Waals surface area contributed by atoms with Crippen LogP contribution in [0.1, 0.15) is 25.7 Å². The number of hydrogen-bond donors (Lipinski definition) is 1. The quantitative estimate of drug-likeness (QED) is 0.834. The molecule has 0 aromatic heterocycles. The van der Waals surface area contributed by atoms with Crippen LogP contribution in [0.5, 0.6) is 0 Å². The lowest BCUT2D eigenvalue weighted by Gasteiger charge is -2.29. The highest BCUT2D eigenvalue weighted by Crippen LogP contribution is 2.22. The summed E-state index contributed by atoms with van der Waals surface area (Å²) < 4.78 is 11.2. The molecule has 0 unspecified atom stereocenters. The Hall–Kier alpha value is -0.900. The van der Waals surface area contributed by atoms with E-state index >= 15 is 0 Å². The molecule has 1 heterocycles. The molecular formula is C13H21NO2. The van der Waals surface area contributed by atoms with E-state index in [1.807, 2.05) is 51.2 Å². The molecule has 1 aromatic rings. The van der Waals surface area contributed by atoms with Gasteiger partial charge >= 0.3 is 0 Å². The minimum Gasteiger partial charge on any atom is -0.347 e. The Kier molecular flexibility index (Phi) is 6.08. The van der Waals surface area contributed by atoms with Crippen LogP contribution < -0.4 is 5.32 Å². The van der Waals surface area contributed by atoms with Gasteiger partial charge in [0.25, 0.3) is 0 Å². The van der Waals surface area contributed by atoms with Crippen LogP contribution in [0.15, 0.2) is 30.3 Å². The van der Waals surface area contributed by atoms with Gasteiger partial charge in [-0.25, -0.2) is 0 Å². The van der Waals surface area contributed by atoms with Gasteiger partial charge in [0, 0.05) is 5.56 Å². The third-order valence-corrected chi connectivity index (χ3v) is 2.38. The molecule has 2 rings (SSSR count). The predicted octanol–water partition coefficient (Wildman–Crippen LogP) is 2.35. The molecule has 1 saturated heterocycles. The van der Waals surface area contributed by atoms with Gasteiger partial charge in [0.15, 0.2) is 6.29 Å². The van der Waals surface area contributed by atoms with E-state index in [1.54, 1.807) is 0 Å². The van der Waals surface area contributed by atoms with Crippen LogP contribution >= 0.6 is 0 Å². The van der Waals surface area contributed by atoms with Crippen molar-refractivity contribution in [2.24, 2.45) is 0 Å². The van der Waals surface area contributed by atoms with Crippen LogP contribution in [0.3, 0.4) is 0 Å². The second-order valence-electron chi connectivity index (χ2n) is 3.39. The number of nitrogens with one attached hydrogen (secondary N) is 1. The highest BCUT2D eigenvalue weighted by molar-refractivity contribution is 5.16. The second kappa shape index (κ2) is 7.39. The van der Waals surface area contributed by atoms with Gasteiger partial charge in [-0.1, -0.05) is 44.2 Å². The molecule has 90 valence electrons. The number of ether oxygens (including phenoxy) is 2. The van der Waals surface area contributed by atoms with Gasteiger partial charge in [0.05, 0.1) is 19.3 Å². The Morgan fingerprint density at radius 3 is 2.12 bits per heavy atom. The molecule has 0 atom stereocenters. The molecule has 1 aliphatic heterocycles. The normalized spacial score (nSPS) is 24.4. The van der Waals surface area contributed by atoms with Gasteiger partial charge in [-0.3, -0.25) is 0 Å². The molecule has 0 bridgehead atoms. The lowest BCUT2D eigenvalue weighted by Crippen LogP contribution is -2.40. The van der Waals surface area contributed by atoms with Crippen molar-refractivity contribution in [3.8, 4) is 0 Å². The summed E-state index contributed by atoms with van der Waals surface area (Å²) in [5.41, 5.74) is 1.09. The van der Waals surface area contributed by atoms with Crippen LogP contribution in [-0.4, -0.2) is 26.3 Å². The monoisotopic (exact) mass is 223 g/mol. The summed E-state index contributed by atoms with van der Waals surface area (Å²) in [6.07, 6.45) is -0.194. The topological polar surface area (TPSA) is 30.5 Å². The third kappa shape index (κ3) is 3.59. The molecule has 16 heavy (non-hydrogen) atoms. The smallest absolute Gasteiger partial charge is 0.183 e. The van der Waals surface area contributed by atoms with E-state index in [0.29, 0.717) is 19.3 Å². The first-order valence-corrected chi connectivity index (χ1v) is 5.85. The van der Waals surface area contributed by atoms with Gasteiger partial charge in [-0.15, -0.1) is 0 Å². The molecule has 0 saturated carbocycles. The van der Waals surface area contributed by atoms with Crippen molar-refractivity contribution in [1.82, 2.24) is 5.32 Å². The lowest BCUT2D eigenvalue weighted by atomic mass is 10.2. The summed E-state index contributed by atoms with van der Waals surface area (Å²) in [5.74, 6) is 0. The average Bonchev–Trinajstić information content (AvgIpc) is 2.42. The summed E-state index contributed by atoms with van der Waals surface area (Å²) in [7, 11) is 1.92. The molecule has 1 fully saturated rings. The number of hydrogen-bond acceptors (Lipinski definition) is 3. The molecule has 1 N–H and O–H groups in total. The number of benzene rings is 1. The number of rotatable bonds is 2. The maximum absolute atomic E-state index is 5.58. The fraction of sp³-hybridized carbons (Fsp3) is 0.538. The summed E-state index contributed by atoms with van der Waals surface area (Å²) in [5, 5.41) is 3.13. The zero-order valence-electron chi connectivity index (χ0n) is 10.3. The summed E-state index contributed by atoms with van der Waals surface area (Å²) in [6.45, 7) is 5.41. The van der Waals surface area contributed by atoms with Crippen LogP contribution in [-0.2, 0) is 9.47 Å². The first kappa shape index (κ1) is 13.2. The third-order valence-electron chi connectivity index (χ3n) is 2.38. The van der Waals surface area contributed by atoms with Crippen molar-refractivity contribution in [2.45, 2.75) is 26.2 Å². The molecule has 1 aromatic carbocycles. The minimum atomic E-state index is -0.194. The van der Waals surface area contributed by atoms with Crippen LogP contribution in [0.25, 0.3) is 0 Å². The molecule has 0 spiro atoms. The maximum atomic E-state index is 5.58. The van der Waals surface area contributed by atoms with Crippen molar-refractivity contribution < 1.29 is 9.47 Å². The highest BCUT2D eigenvalue weighted by atomic mass is 16.7. The molecule has 3 heteroatoms. The lowest BCUT2D eigenvalue weighted by molar-refractivity contribution is -0.193. The van der Waals surface area contributed by atoms with E-state index in [9.17, 15) is 0 Å². The van der Waals surface area contributed by atoms with Gasteiger partial charge in [-0.2, -0.15) is 0 Å². The first-order valence-electron chi connectivity index (χ1n) is 5.85. The van der Waals surface area contributed by atoms with E-state index in [-0.39, 0.29) is 6.29 Å². The Labute approximate surface area is 97.8 Å². The second-order valence-corrected chi connectivity index (χ2v) is 3.39. The average molecular weight is 223 g/mol. The van der Waals surface area contributed by atoms with Crippen molar-refractivity contribution in [2.75, 3.05) is 20.3 Å². The molecule has 0 aliphatic carbocycles. The fourth-order valence-electron chi connectivity index (χ4n) is 1.47. The first-order chi connectivity index (χ1) is 7.90. The van der Waals surface area contributed by atoms with E-state index in [2.05, 4.69) is 5.32 Å². The molecule has 1 aliphatic rings. The van der Waals surface area contributed by atoms with E-state index in [4.69, 9.17) is 9.47 Å². The summed E-state index contributed by atoms with van der Waals surface area (Å²) >= 11 is 0. The SMILES string of the molecule is CC.CNC1COC(c2ccccc2)OC1. The van der Waals surface area contributed by atoms with E-state index < -0.39 is 0 Å². The fourth-order valence-corrected chi connectivity index (χ4v) is 1.47. The van der Waals surface area contributed by atoms with Crippen molar-refractivity contribution in [1.29, 1.82) is 0 Å². The summed E-state index contributed by atoms with van der Waals surface area (Å²) in [4.78, 5) is 0. The van der Waals surface area contributed by atoms with Gasteiger partial charge in [0.1, 0.15) is 0 Å². The zero-order valence-corrected chi connectivity index (χ0v) is 10.3. The summed E-state index contributed by atoms with van der Waals surface area (Å²) in [6, 6.07) is 10.3. The van der Waals surface area contributed by atoms with Crippen LogP contribution in [0, 0.1) is 0 Å². The Bertz CT molecular complexity index is 269. The molecular weight excluding hydrogens is 202 g/mol. The Morgan fingerprint density at radius 2 is 1.62 bits per heavy atom. The van der Waals surface area contributed by atoms with E-state index in [1.165, 1.54) is 0 Å². The van der Waals surface area contributed by atoms with Crippen molar-refractivity contribution in [3.05, 3.63) is 35.9 Å². The van der Waals surface area contributed by atoms with Gasteiger partial charge < -0.3 is 14.8 Å². The largest absolute Gasteiger partial charge is 0.347 e. The standard InChI is InChI=1S/C11H15NO2.C2H6/c1-12-10-7-13-11(14-8-10)9-5-3-2-4-6-9;1-2/h2-6,10-12H,7-8H2,1H3;1-2H3. The van der Waals surface area contributed by atoms with E-state index in [0.717, 1.165) is 5.56 Å². The predicted molar refractivity (Wildman–Crippen MR) is 65.3 cm³/mol. The van der Waals surface area contributed by atoms with Crippen LogP contribution in [0.2, 0.25) is 0 Å². The Balaban J connectivity index is 0.000000606. The zero-order chi connectivity index (χ0) is 11.8. The molecule has 0 radical (unpaired) electrons. The van der Waals surface area contributed by atoms with Crippen molar-refractivity contribution in [3.63, 3.8) is 0 Å². The van der Waals surface area contributed by atoms with Crippen LogP contribution in [0.4, 0.5) is 0 Å². The Morgan fingerprint density at radius 1 is 1.06 bits per heavy atom. The highest BCUT2D eigenvalue weighted by Gasteiger charge is 2.21.